The molecule has 0 aromatic carbocycles. The Balaban J connectivity index is 1.41. The second-order valence-corrected chi connectivity index (χ2v) is 8.12. The predicted molar refractivity (Wildman–Crippen MR) is 89.9 cm³/mol. The molecule has 4 N–H and O–H groups in total. The van der Waals surface area contributed by atoms with Crippen LogP contribution in [-0.4, -0.2) is 83.0 Å². The van der Waals surface area contributed by atoms with E-state index >= 15 is 0 Å². The molecule has 11 heteroatoms. The number of nitrogens with zero attached hydrogens (tertiary/aromatic N) is 5. The van der Waals surface area contributed by atoms with Crippen molar-refractivity contribution in [3.05, 3.63) is 18.1 Å². The molecule has 2 aliphatic heterocycles. The smallest absolute Gasteiger partial charge is 0.195 e. The molecule has 0 amide bonds. The lowest BCUT2D eigenvalue weighted by Crippen LogP contribution is -2.33. The quantitative estimate of drug-likeness (QED) is 0.352. The van der Waals surface area contributed by atoms with Gasteiger partial charge in [-0.25, -0.2) is 9.97 Å². The van der Waals surface area contributed by atoms with Crippen LogP contribution in [0.25, 0.3) is 11.2 Å². The molecule has 4 fully saturated rings. The highest BCUT2D eigenvalue weighted by atomic mass is 16.6. The summed E-state index contributed by atoms with van der Waals surface area (Å²) in [5, 5.41) is 39.9. The monoisotopic (exact) mass is 391 g/mol. The van der Waals surface area contributed by atoms with Crippen molar-refractivity contribution < 1.29 is 30.0 Å². The van der Waals surface area contributed by atoms with Gasteiger partial charge in [-0.3, -0.25) is 9.56 Å². The summed E-state index contributed by atoms with van der Waals surface area (Å²) in [6.07, 6.45) is 1.10. The Bertz CT molecular complexity index is 1010. The van der Waals surface area contributed by atoms with Crippen LogP contribution in [0.15, 0.2) is 17.6 Å². The second-order valence-electron chi connectivity index (χ2n) is 8.12. The van der Waals surface area contributed by atoms with Crippen molar-refractivity contribution in [2.75, 3.05) is 6.61 Å². The standard InChI is InChI=1S/C17H21N5O6/c23-3-9-11(24)12(25)17(27-9)21-4-18-10-15(21)19-5-22(26)16(10)20-8-2-6-1-7(8)14-13(6)28-14/h4-9,11-14,17,23-26H,1-3H2/t6-,7+,8+,9-,11-,12-,13-,14+,17-/m1/s1. The Morgan fingerprint density at radius 3 is 2.68 bits per heavy atom. The summed E-state index contributed by atoms with van der Waals surface area (Å²) in [7, 11) is 0. The van der Waals surface area contributed by atoms with Gasteiger partial charge in [0.05, 0.1) is 31.2 Å². The van der Waals surface area contributed by atoms with Gasteiger partial charge >= 0.3 is 0 Å². The number of hydrogen-bond acceptors (Lipinski definition) is 9. The lowest BCUT2D eigenvalue weighted by atomic mass is 9.96. The van der Waals surface area contributed by atoms with Gasteiger partial charge in [-0.2, -0.15) is 4.73 Å². The van der Waals surface area contributed by atoms with Crippen LogP contribution in [0.5, 0.6) is 0 Å². The van der Waals surface area contributed by atoms with E-state index in [4.69, 9.17) is 14.5 Å². The molecule has 4 heterocycles. The summed E-state index contributed by atoms with van der Waals surface area (Å²) >= 11 is 0. The molecular weight excluding hydrogens is 370 g/mol. The van der Waals surface area contributed by atoms with E-state index in [2.05, 4.69) is 9.97 Å². The maximum atomic E-state index is 10.3. The van der Waals surface area contributed by atoms with Gasteiger partial charge in [0.25, 0.3) is 0 Å². The lowest BCUT2D eigenvalue weighted by molar-refractivity contribution is -0.0511. The molecule has 0 spiro atoms. The number of aromatic nitrogens is 4. The van der Waals surface area contributed by atoms with Gasteiger partial charge in [-0.05, 0) is 18.8 Å². The molecular formula is C17H21N5O6. The first-order valence-electron chi connectivity index (χ1n) is 9.52. The fourth-order valence-corrected chi connectivity index (χ4v) is 5.20. The lowest BCUT2D eigenvalue weighted by Gasteiger charge is -2.17. The van der Waals surface area contributed by atoms with Crippen LogP contribution in [0.1, 0.15) is 19.1 Å². The molecule has 6 rings (SSSR count). The van der Waals surface area contributed by atoms with E-state index in [-0.39, 0.29) is 6.04 Å². The van der Waals surface area contributed by atoms with E-state index in [0.717, 1.165) is 17.6 Å². The van der Waals surface area contributed by atoms with Crippen molar-refractivity contribution in [2.45, 2.75) is 55.6 Å². The Hall–Kier alpha value is -2.05. The van der Waals surface area contributed by atoms with E-state index < -0.39 is 31.1 Å². The third-order valence-electron chi connectivity index (χ3n) is 6.63. The fourth-order valence-electron chi connectivity index (χ4n) is 5.20. The predicted octanol–water partition coefficient (Wildman–Crippen LogP) is -1.84. The van der Waals surface area contributed by atoms with Crippen molar-refractivity contribution in [3.63, 3.8) is 0 Å². The van der Waals surface area contributed by atoms with Crippen molar-refractivity contribution >= 4 is 11.2 Å². The Morgan fingerprint density at radius 1 is 1.11 bits per heavy atom. The van der Waals surface area contributed by atoms with Gasteiger partial charge in [-0.15, -0.1) is 0 Å². The summed E-state index contributed by atoms with van der Waals surface area (Å²) < 4.78 is 13.6. The van der Waals surface area contributed by atoms with E-state index in [1.54, 1.807) is 0 Å². The number of aliphatic hydroxyl groups excluding tert-OH is 3. The van der Waals surface area contributed by atoms with Gasteiger partial charge in [0.1, 0.15) is 24.6 Å². The maximum absolute atomic E-state index is 10.3. The first-order valence-corrected chi connectivity index (χ1v) is 9.52. The molecule has 2 saturated heterocycles. The fraction of sp³-hybridized carbons (Fsp3) is 0.706. The Morgan fingerprint density at radius 2 is 1.96 bits per heavy atom. The molecule has 11 nitrogen and oxygen atoms in total. The van der Waals surface area contributed by atoms with Crippen LogP contribution < -0.4 is 5.49 Å². The largest absolute Gasteiger partial charge is 0.425 e. The second kappa shape index (κ2) is 5.74. The molecule has 2 bridgehead atoms. The zero-order valence-electron chi connectivity index (χ0n) is 14.8. The molecule has 2 saturated carbocycles. The number of ether oxygens (including phenoxy) is 2. The number of imidazole rings is 1. The van der Waals surface area contributed by atoms with Gasteiger partial charge in [0.2, 0.25) is 0 Å². The van der Waals surface area contributed by atoms with Crippen LogP contribution in [0.2, 0.25) is 0 Å². The topological polar surface area (TPSA) is 151 Å². The minimum Gasteiger partial charge on any atom is -0.425 e. The van der Waals surface area contributed by atoms with E-state index in [9.17, 15) is 20.5 Å². The van der Waals surface area contributed by atoms with Crippen LogP contribution in [-0.2, 0) is 9.47 Å². The third-order valence-corrected chi connectivity index (χ3v) is 6.63. The number of rotatable bonds is 3. The highest BCUT2D eigenvalue weighted by Gasteiger charge is 2.63. The average molecular weight is 391 g/mol. The first kappa shape index (κ1) is 16.9. The Kier molecular flexibility index (Phi) is 3.45. The van der Waals surface area contributed by atoms with E-state index in [0.29, 0.717) is 40.7 Å². The molecule has 9 atom stereocenters. The van der Waals surface area contributed by atoms with Crippen molar-refractivity contribution in [1.29, 1.82) is 0 Å². The molecule has 4 aliphatic rings. The van der Waals surface area contributed by atoms with Gasteiger partial charge in [0.15, 0.2) is 22.9 Å². The van der Waals surface area contributed by atoms with Crippen LogP contribution >= 0.6 is 0 Å². The average Bonchev–Trinajstić information content (AvgIpc) is 2.97. The number of epoxide rings is 1. The third kappa shape index (κ3) is 2.19. The maximum Gasteiger partial charge on any atom is 0.195 e. The molecule has 0 radical (unpaired) electrons. The minimum absolute atomic E-state index is 0.0665. The minimum atomic E-state index is -1.24. The van der Waals surface area contributed by atoms with Crippen LogP contribution in [0.4, 0.5) is 0 Å². The highest BCUT2D eigenvalue weighted by Crippen LogP contribution is 2.57. The van der Waals surface area contributed by atoms with Gasteiger partial charge in [-0.1, -0.05) is 0 Å². The molecule has 2 aliphatic carbocycles. The zero-order valence-corrected chi connectivity index (χ0v) is 14.8. The summed E-state index contributed by atoms with van der Waals surface area (Å²) in [5.41, 5.74) is 1.03. The van der Waals surface area contributed by atoms with Gasteiger partial charge < -0.3 is 30.0 Å². The van der Waals surface area contributed by atoms with Crippen molar-refractivity contribution in [3.8, 4) is 0 Å². The number of fused-ring (bicyclic) bond motifs is 6. The molecule has 2 aromatic rings. The van der Waals surface area contributed by atoms with Crippen molar-refractivity contribution in [1.82, 2.24) is 19.3 Å². The summed E-state index contributed by atoms with van der Waals surface area (Å²) in [4.78, 5) is 13.3. The van der Waals surface area contributed by atoms with E-state index in [1.807, 2.05) is 0 Å². The summed E-state index contributed by atoms with van der Waals surface area (Å²) in [5.74, 6) is 0.922. The zero-order chi connectivity index (χ0) is 19.2. The number of hydrogen-bond donors (Lipinski definition) is 4. The molecule has 2 aromatic heterocycles. The van der Waals surface area contributed by atoms with Crippen LogP contribution in [0.3, 0.4) is 0 Å². The van der Waals surface area contributed by atoms with Gasteiger partial charge in [0, 0.05) is 5.92 Å². The van der Waals surface area contributed by atoms with E-state index in [1.165, 1.54) is 17.2 Å². The Labute approximate surface area is 158 Å². The number of aliphatic hydroxyl groups is 3. The molecule has 0 unspecified atom stereocenters. The van der Waals surface area contributed by atoms with Crippen LogP contribution in [0, 0.1) is 11.8 Å². The summed E-state index contributed by atoms with van der Waals surface area (Å²) in [6.45, 7) is -0.416. The van der Waals surface area contributed by atoms with Crippen molar-refractivity contribution in [2.24, 2.45) is 16.8 Å². The SMILES string of the molecule is OC[C@H]1O[C@@H](n2cnc3c(=N[C@H]4C[C@H]5C[C@@H]4[C@@H]4O[C@H]54)n(O)cnc32)[C@H](O)[C@@H]1O. The highest BCUT2D eigenvalue weighted by molar-refractivity contribution is 5.68. The summed E-state index contributed by atoms with van der Waals surface area (Å²) in [6, 6.07) is 0.0665. The molecule has 28 heavy (non-hydrogen) atoms. The first-order chi connectivity index (χ1) is 13.6. The normalized spacial score (nSPS) is 44.5. The molecule has 150 valence electrons.